The summed E-state index contributed by atoms with van der Waals surface area (Å²) in [6, 6.07) is 1.58. The lowest BCUT2D eigenvalue weighted by atomic mass is 10.4. The quantitative estimate of drug-likeness (QED) is 0.819. The van der Waals surface area contributed by atoms with Gasteiger partial charge in [0.25, 0.3) is 5.56 Å². The molecule has 2 rings (SSSR count). The van der Waals surface area contributed by atoms with Gasteiger partial charge in [-0.3, -0.25) is 4.79 Å². The number of hydrogen-bond donors (Lipinski definition) is 0. The van der Waals surface area contributed by atoms with Crippen molar-refractivity contribution in [1.29, 1.82) is 0 Å². The summed E-state index contributed by atoms with van der Waals surface area (Å²) in [7, 11) is 3.76. The van der Waals surface area contributed by atoms with Gasteiger partial charge in [0.15, 0.2) is 0 Å². The van der Waals surface area contributed by atoms with Crippen molar-refractivity contribution in [3.63, 3.8) is 0 Å². The van der Waals surface area contributed by atoms with Crippen molar-refractivity contribution in [1.82, 2.24) is 14.8 Å². The molecule has 5 nitrogen and oxygen atoms in total. The fourth-order valence-corrected chi connectivity index (χ4v) is 2.03. The van der Waals surface area contributed by atoms with Crippen LogP contribution in [0.4, 0.5) is 5.69 Å². The van der Waals surface area contributed by atoms with Crippen LogP contribution in [0.15, 0.2) is 22.4 Å². The number of nitrogens with zero attached hydrogens (tertiary/aromatic N) is 4. The third-order valence-electron chi connectivity index (χ3n) is 2.35. The zero-order valence-electron chi connectivity index (χ0n) is 10.0. The van der Waals surface area contributed by atoms with Crippen LogP contribution in [0.1, 0.15) is 10.7 Å². The van der Waals surface area contributed by atoms with Crippen LogP contribution in [0, 0.1) is 6.92 Å². The molecule has 0 aliphatic heterocycles. The maximum absolute atomic E-state index is 11.8. The Bertz CT molecular complexity index is 573. The Morgan fingerprint density at radius 1 is 1.47 bits per heavy atom. The Morgan fingerprint density at radius 3 is 2.76 bits per heavy atom. The zero-order chi connectivity index (χ0) is 12.4. The lowest BCUT2D eigenvalue weighted by Gasteiger charge is -2.11. The summed E-state index contributed by atoms with van der Waals surface area (Å²) < 4.78 is 1.42. The van der Waals surface area contributed by atoms with Gasteiger partial charge < -0.3 is 4.90 Å². The van der Waals surface area contributed by atoms with Gasteiger partial charge in [-0.1, -0.05) is 0 Å². The maximum Gasteiger partial charge on any atom is 0.269 e. The van der Waals surface area contributed by atoms with E-state index in [1.807, 2.05) is 31.3 Å². The minimum Gasteiger partial charge on any atom is -0.376 e. The van der Waals surface area contributed by atoms with E-state index in [1.54, 1.807) is 23.6 Å². The average molecular weight is 250 g/mol. The highest BCUT2D eigenvalue weighted by Crippen LogP contribution is 2.09. The van der Waals surface area contributed by atoms with Gasteiger partial charge in [0.05, 0.1) is 29.1 Å². The summed E-state index contributed by atoms with van der Waals surface area (Å²) in [6.07, 6.45) is 1.68. The van der Waals surface area contributed by atoms with Gasteiger partial charge >= 0.3 is 0 Å². The molecule has 2 aromatic rings. The molecule has 0 bridgehead atoms. The van der Waals surface area contributed by atoms with Crippen LogP contribution >= 0.6 is 11.3 Å². The first-order chi connectivity index (χ1) is 8.06. The molecule has 0 amide bonds. The van der Waals surface area contributed by atoms with Gasteiger partial charge in [-0.15, -0.1) is 11.3 Å². The fraction of sp³-hybridized carbons (Fsp3) is 0.364. The molecule has 0 saturated heterocycles. The molecule has 0 spiro atoms. The van der Waals surface area contributed by atoms with E-state index in [-0.39, 0.29) is 5.56 Å². The van der Waals surface area contributed by atoms with Gasteiger partial charge in [0.1, 0.15) is 0 Å². The summed E-state index contributed by atoms with van der Waals surface area (Å²) >= 11 is 1.58. The van der Waals surface area contributed by atoms with Gasteiger partial charge in [-0.05, 0) is 6.92 Å². The summed E-state index contributed by atoms with van der Waals surface area (Å²) in [5.41, 5.74) is 1.57. The largest absolute Gasteiger partial charge is 0.376 e. The van der Waals surface area contributed by atoms with Gasteiger partial charge in [0, 0.05) is 25.5 Å². The molecule has 0 saturated carbocycles. The summed E-state index contributed by atoms with van der Waals surface area (Å²) in [5, 5.41) is 7.08. The predicted molar refractivity (Wildman–Crippen MR) is 68.8 cm³/mol. The number of anilines is 1. The number of hydrogen-bond acceptors (Lipinski definition) is 5. The Balaban J connectivity index is 2.25. The first-order valence-electron chi connectivity index (χ1n) is 5.22. The smallest absolute Gasteiger partial charge is 0.269 e. The topological polar surface area (TPSA) is 51.0 Å². The molecule has 0 aliphatic rings. The Labute approximate surface area is 103 Å². The lowest BCUT2D eigenvalue weighted by molar-refractivity contribution is 0.629. The van der Waals surface area contributed by atoms with E-state index in [0.29, 0.717) is 6.54 Å². The van der Waals surface area contributed by atoms with E-state index >= 15 is 0 Å². The van der Waals surface area contributed by atoms with Crippen LogP contribution in [-0.2, 0) is 6.54 Å². The van der Waals surface area contributed by atoms with Crippen LogP contribution in [0.5, 0.6) is 0 Å². The van der Waals surface area contributed by atoms with Crippen LogP contribution in [0.25, 0.3) is 0 Å². The monoisotopic (exact) mass is 250 g/mol. The second kappa shape index (κ2) is 4.67. The summed E-state index contributed by atoms with van der Waals surface area (Å²) in [4.78, 5) is 18.0. The molecule has 0 aromatic carbocycles. The highest BCUT2D eigenvalue weighted by Gasteiger charge is 2.04. The number of rotatable bonds is 3. The summed E-state index contributed by atoms with van der Waals surface area (Å²) in [5.74, 6) is 0. The van der Waals surface area contributed by atoms with Gasteiger partial charge in [-0.25, -0.2) is 9.67 Å². The highest BCUT2D eigenvalue weighted by atomic mass is 32.1. The fourth-order valence-electron chi connectivity index (χ4n) is 1.42. The van der Waals surface area contributed by atoms with E-state index < -0.39 is 0 Å². The minimum absolute atomic E-state index is 0.109. The molecule has 90 valence electrons. The molecular weight excluding hydrogens is 236 g/mol. The van der Waals surface area contributed by atoms with Crippen LogP contribution < -0.4 is 10.5 Å². The Kier molecular flexibility index (Phi) is 3.23. The van der Waals surface area contributed by atoms with E-state index in [2.05, 4.69) is 10.1 Å². The first kappa shape index (κ1) is 11.8. The second-order valence-electron chi connectivity index (χ2n) is 3.96. The molecular formula is C11H14N4OS. The van der Waals surface area contributed by atoms with E-state index in [9.17, 15) is 4.79 Å². The molecule has 17 heavy (non-hydrogen) atoms. The third kappa shape index (κ3) is 2.71. The molecule has 0 radical (unpaired) electrons. The van der Waals surface area contributed by atoms with Crippen molar-refractivity contribution in [2.24, 2.45) is 0 Å². The molecule has 0 fully saturated rings. The molecule has 2 heterocycles. The van der Waals surface area contributed by atoms with Gasteiger partial charge in [0.2, 0.25) is 0 Å². The van der Waals surface area contributed by atoms with Crippen molar-refractivity contribution in [2.45, 2.75) is 13.5 Å². The predicted octanol–water partition coefficient (Wildman–Crippen LogP) is 1.12. The molecule has 0 N–H and O–H groups in total. The van der Waals surface area contributed by atoms with Gasteiger partial charge in [-0.2, -0.15) is 5.10 Å². The Morgan fingerprint density at radius 2 is 2.24 bits per heavy atom. The van der Waals surface area contributed by atoms with Crippen molar-refractivity contribution in [2.75, 3.05) is 19.0 Å². The van der Waals surface area contributed by atoms with E-state index in [0.717, 1.165) is 16.4 Å². The van der Waals surface area contributed by atoms with E-state index in [1.165, 1.54) is 4.68 Å². The minimum atomic E-state index is -0.109. The highest BCUT2D eigenvalue weighted by molar-refractivity contribution is 7.09. The lowest BCUT2D eigenvalue weighted by Crippen LogP contribution is -2.24. The SMILES string of the molecule is Cc1nc(Cn2ncc(N(C)C)cc2=O)cs1. The molecule has 6 heteroatoms. The van der Waals surface area contributed by atoms with Crippen LogP contribution in [0.3, 0.4) is 0 Å². The zero-order valence-corrected chi connectivity index (χ0v) is 10.9. The molecule has 0 atom stereocenters. The number of aryl methyl sites for hydroxylation is 1. The van der Waals surface area contributed by atoms with Crippen LogP contribution in [-0.4, -0.2) is 28.9 Å². The number of aromatic nitrogens is 3. The maximum atomic E-state index is 11.8. The first-order valence-corrected chi connectivity index (χ1v) is 6.10. The molecule has 0 aliphatic carbocycles. The molecule has 2 aromatic heterocycles. The van der Waals surface area contributed by atoms with Crippen molar-refractivity contribution < 1.29 is 0 Å². The number of thiazole rings is 1. The average Bonchev–Trinajstić information content (AvgIpc) is 2.67. The standard InChI is InChI=1S/C11H14N4OS/c1-8-13-9(7-17-8)6-15-11(16)4-10(5-12-15)14(2)3/h4-5,7H,6H2,1-3H3. The molecule has 0 unspecified atom stereocenters. The van der Waals surface area contributed by atoms with Crippen LogP contribution in [0.2, 0.25) is 0 Å². The van der Waals surface area contributed by atoms with Crippen molar-refractivity contribution in [3.8, 4) is 0 Å². The normalized spacial score (nSPS) is 10.5. The van der Waals surface area contributed by atoms with Crippen molar-refractivity contribution >= 4 is 17.0 Å². The van der Waals surface area contributed by atoms with Crippen molar-refractivity contribution in [3.05, 3.63) is 38.7 Å². The summed E-state index contributed by atoms with van der Waals surface area (Å²) in [6.45, 7) is 2.37. The second-order valence-corrected chi connectivity index (χ2v) is 5.02. The van der Waals surface area contributed by atoms with E-state index in [4.69, 9.17) is 0 Å². The Hall–Kier alpha value is -1.69. The third-order valence-corrected chi connectivity index (χ3v) is 3.17.